The fourth-order valence-corrected chi connectivity index (χ4v) is 1.80. The number of anilines is 1. The molecule has 0 saturated carbocycles. The molecule has 110 valence electrons. The van der Waals surface area contributed by atoms with E-state index in [1.54, 1.807) is 24.3 Å². The predicted octanol–water partition coefficient (Wildman–Crippen LogP) is 2.24. The number of nitrogens with zero attached hydrogens (tertiary/aromatic N) is 1. The molecule has 2 aromatic rings. The predicted molar refractivity (Wildman–Crippen MR) is 84.1 cm³/mol. The molecule has 0 spiro atoms. The van der Waals surface area contributed by atoms with Crippen LogP contribution in [0.2, 0.25) is 0 Å². The summed E-state index contributed by atoms with van der Waals surface area (Å²) >= 11 is 0. The van der Waals surface area contributed by atoms with Gasteiger partial charge >= 0.3 is 11.9 Å². The fourth-order valence-electron chi connectivity index (χ4n) is 1.80. The molecule has 2 aromatic carbocycles. The Morgan fingerprint density at radius 1 is 1.00 bits per heavy atom. The summed E-state index contributed by atoms with van der Waals surface area (Å²) < 4.78 is 4.63. The van der Waals surface area contributed by atoms with E-state index in [-0.39, 0.29) is 6.54 Å². The molecule has 4 nitrogen and oxygen atoms in total. The summed E-state index contributed by atoms with van der Waals surface area (Å²) in [5.74, 6) is 4.39. The summed E-state index contributed by atoms with van der Waals surface area (Å²) in [6.07, 6.45) is 0. The van der Waals surface area contributed by atoms with E-state index in [2.05, 4.69) is 16.6 Å². The molecule has 0 radical (unpaired) electrons. The van der Waals surface area contributed by atoms with Crippen molar-refractivity contribution >= 4 is 17.6 Å². The molecule has 0 aliphatic rings. The third kappa shape index (κ3) is 4.22. The molecule has 0 N–H and O–H groups in total. The topological polar surface area (TPSA) is 46.6 Å². The largest absolute Gasteiger partial charge is 0.468 e. The van der Waals surface area contributed by atoms with Crippen LogP contribution in [-0.4, -0.2) is 25.5 Å². The molecular formula is C18H15NO3. The molecule has 0 unspecified atom stereocenters. The maximum atomic E-state index is 12.3. The Kier molecular flexibility index (Phi) is 5.33. The summed E-state index contributed by atoms with van der Waals surface area (Å²) in [7, 11) is 1.28. The molecule has 1 amide bonds. The van der Waals surface area contributed by atoms with E-state index >= 15 is 0 Å². The second kappa shape index (κ2) is 7.65. The SMILES string of the molecule is COC(=O)CN(C(=O)C#Cc1ccccc1)c1ccccc1. The normalized spacial score (nSPS) is 9.32. The first-order valence-electron chi connectivity index (χ1n) is 6.71. The lowest BCUT2D eigenvalue weighted by molar-refractivity contribution is -0.139. The molecule has 22 heavy (non-hydrogen) atoms. The Morgan fingerprint density at radius 3 is 2.18 bits per heavy atom. The number of esters is 1. The van der Waals surface area contributed by atoms with E-state index in [1.165, 1.54) is 12.0 Å². The van der Waals surface area contributed by atoms with Crippen molar-refractivity contribution in [2.75, 3.05) is 18.6 Å². The molecule has 0 aliphatic carbocycles. The summed E-state index contributed by atoms with van der Waals surface area (Å²) in [4.78, 5) is 25.1. The lowest BCUT2D eigenvalue weighted by Gasteiger charge is -2.18. The third-order valence-corrected chi connectivity index (χ3v) is 2.92. The van der Waals surface area contributed by atoms with Gasteiger partial charge in [-0.2, -0.15) is 0 Å². The summed E-state index contributed by atoms with van der Waals surface area (Å²) in [5, 5.41) is 0. The van der Waals surface area contributed by atoms with Crippen LogP contribution in [-0.2, 0) is 14.3 Å². The number of carbonyl (C=O) groups is 2. The first kappa shape index (κ1) is 15.3. The number of rotatable bonds is 3. The van der Waals surface area contributed by atoms with Crippen molar-refractivity contribution in [3.63, 3.8) is 0 Å². The van der Waals surface area contributed by atoms with Crippen molar-refractivity contribution in [1.29, 1.82) is 0 Å². The standard InChI is InChI=1S/C18H15NO3/c1-22-18(21)14-19(16-10-6-3-7-11-16)17(20)13-12-15-8-4-2-5-9-15/h2-11H,14H2,1H3. The van der Waals surface area contributed by atoms with Crippen LogP contribution < -0.4 is 4.90 Å². The molecule has 0 bridgehead atoms. The molecule has 4 heteroatoms. The zero-order chi connectivity index (χ0) is 15.8. The van der Waals surface area contributed by atoms with Crippen LogP contribution in [0.5, 0.6) is 0 Å². The molecule has 0 aliphatic heterocycles. The smallest absolute Gasteiger partial charge is 0.325 e. The van der Waals surface area contributed by atoms with E-state index in [0.717, 1.165) is 5.56 Å². The maximum absolute atomic E-state index is 12.3. The first-order chi connectivity index (χ1) is 10.7. The maximum Gasteiger partial charge on any atom is 0.325 e. The highest BCUT2D eigenvalue weighted by Crippen LogP contribution is 2.13. The van der Waals surface area contributed by atoms with Gasteiger partial charge in [0.05, 0.1) is 7.11 Å². The average molecular weight is 293 g/mol. The summed E-state index contributed by atoms with van der Waals surface area (Å²) in [5.41, 5.74) is 1.34. The molecule has 0 atom stereocenters. The monoisotopic (exact) mass is 293 g/mol. The van der Waals surface area contributed by atoms with Crippen molar-refractivity contribution in [2.45, 2.75) is 0 Å². The first-order valence-corrected chi connectivity index (χ1v) is 6.71. The lowest BCUT2D eigenvalue weighted by Crippen LogP contribution is -2.35. The van der Waals surface area contributed by atoms with Crippen molar-refractivity contribution < 1.29 is 14.3 Å². The zero-order valence-corrected chi connectivity index (χ0v) is 12.2. The van der Waals surface area contributed by atoms with Gasteiger partial charge in [0.2, 0.25) is 0 Å². The minimum Gasteiger partial charge on any atom is -0.468 e. The molecular weight excluding hydrogens is 278 g/mol. The second-order valence-corrected chi connectivity index (χ2v) is 4.42. The van der Waals surface area contributed by atoms with Gasteiger partial charge in [0.25, 0.3) is 0 Å². The van der Waals surface area contributed by atoms with E-state index in [0.29, 0.717) is 5.69 Å². The van der Waals surface area contributed by atoms with Crippen LogP contribution in [0.3, 0.4) is 0 Å². The van der Waals surface area contributed by atoms with Gasteiger partial charge in [-0.25, -0.2) is 0 Å². The summed E-state index contributed by atoms with van der Waals surface area (Å²) in [6.45, 7) is -0.178. The van der Waals surface area contributed by atoms with Crippen LogP contribution in [0.25, 0.3) is 0 Å². The van der Waals surface area contributed by atoms with Gasteiger partial charge in [-0.05, 0) is 24.3 Å². The summed E-state index contributed by atoms with van der Waals surface area (Å²) in [6, 6.07) is 18.1. The third-order valence-electron chi connectivity index (χ3n) is 2.92. The van der Waals surface area contributed by atoms with Gasteiger partial charge in [-0.3, -0.25) is 14.5 Å². The minimum absolute atomic E-state index is 0.178. The van der Waals surface area contributed by atoms with Gasteiger partial charge in [-0.15, -0.1) is 0 Å². The Hall–Kier alpha value is -3.06. The lowest BCUT2D eigenvalue weighted by atomic mass is 10.2. The van der Waals surface area contributed by atoms with Crippen molar-refractivity contribution in [2.24, 2.45) is 0 Å². The Bertz CT molecular complexity index is 699. The molecule has 0 saturated heterocycles. The molecule has 0 aromatic heterocycles. The number of para-hydroxylation sites is 1. The van der Waals surface area contributed by atoms with Crippen LogP contribution in [0.4, 0.5) is 5.69 Å². The van der Waals surface area contributed by atoms with Crippen molar-refractivity contribution in [3.05, 3.63) is 66.2 Å². The number of hydrogen-bond donors (Lipinski definition) is 0. The van der Waals surface area contributed by atoms with E-state index in [4.69, 9.17) is 0 Å². The van der Waals surface area contributed by atoms with Crippen molar-refractivity contribution in [1.82, 2.24) is 0 Å². The number of methoxy groups -OCH3 is 1. The van der Waals surface area contributed by atoms with E-state index < -0.39 is 11.9 Å². The molecule has 0 heterocycles. The molecule has 0 fully saturated rings. The minimum atomic E-state index is -0.501. The van der Waals surface area contributed by atoms with Crippen LogP contribution >= 0.6 is 0 Å². The van der Waals surface area contributed by atoms with Crippen LogP contribution in [0.1, 0.15) is 5.56 Å². The van der Waals surface area contributed by atoms with Gasteiger partial charge in [0.15, 0.2) is 0 Å². The average Bonchev–Trinajstić information content (AvgIpc) is 2.59. The fraction of sp³-hybridized carbons (Fsp3) is 0.111. The van der Waals surface area contributed by atoms with Crippen LogP contribution in [0, 0.1) is 11.8 Å². The Morgan fingerprint density at radius 2 is 1.59 bits per heavy atom. The van der Waals surface area contributed by atoms with Gasteiger partial charge in [-0.1, -0.05) is 42.3 Å². The number of ether oxygens (including phenoxy) is 1. The highest BCUT2D eigenvalue weighted by molar-refractivity contribution is 6.08. The Labute approximate surface area is 129 Å². The molecule has 2 rings (SSSR count). The number of amides is 1. The highest BCUT2D eigenvalue weighted by Gasteiger charge is 2.17. The van der Waals surface area contributed by atoms with E-state index in [1.807, 2.05) is 36.4 Å². The van der Waals surface area contributed by atoms with E-state index in [9.17, 15) is 9.59 Å². The Balaban J connectivity index is 2.23. The highest BCUT2D eigenvalue weighted by atomic mass is 16.5. The number of hydrogen-bond acceptors (Lipinski definition) is 3. The van der Waals surface area contributed by atoms with Gasteiger partial charge < -0.3 is 4.74 Å². The number of carbonyl (C=O) groups excluding carboxylic acids is 2. The van der Waals surface area contributed by atoms with Crippen molar-refractivity contribution in [3.8, 4) is 11.8 Å². The number of benzene rings is 2. The van der Waals surface area contributed by atoms with Gasteiger partial charge in [0, 0.05) is 17.2 Å². The quantitative estimate of drug-likeness (QED) is 0.644. The van der Waals surface area contributed by atoms with Crippen LogP contribution in [0.15, 0.2) is 60.7 Å². The van der Waals surface area contributed by atoms with Gasteiger partial charge in [0.1, 0.15) is 6.54 Å². The zero-order valence-electron chi connectivity index (χ0n) is 12.2. The second-order valence-electron chi connectivity index (χ2n) is 4.42.